The van der Waals surface area contributed by atoms with Crippen molar-refractivity contribution in [2.45, 2.75) is 56.5 Å². The number of nitrogens with one attached hydrogen (secondary N) is 1. The van der Waals surface area contributed by atoms with Gasteiger partial charge < -0.3 is 10.2 Å². The van der Waals surface area contributed by atoms with Crippen LogP contribution in [0.4, 0.5) is 13.2 Å². The number of halogens is 3. The van der Waals surface area contributed by atoms with E-state index in [-0.39, 0.29) is 0 Å². The zero-order valence-electron chi connectivity index (χ0n) is 9.42. The van der Waals surface area contributed by atoms with E-state index < -0.39 is 29.8 Å². The van der Waals surface area contributed by atoms with Gasteiger partial charge in [-0.15, -0.1) is 0 Å². The minimum atomic E-state index is -4.91. The highest BCUT2D eigenvalue weighted by Gasteiger charge is 2.58. The van der Waals surface area contributed by atoms with Crippen LogP contribution in [-0.4, -0.2) is 40.0 Å². The summed E-state index contributed by atoms with van der Waals surface area (Å²) in [5.74, 6) is -1.98. The van der Waals surface area contributed by atoms with Gasteiger partial charge in [0.2, 0.25) is 5.54 Å². The molecule has 1 fully saturated rings. The second-order valence-electron chi connectivity index (χ2n) is 4.53. The summed E-state index contributed by atoms with van der Waals surface area (Å²) in [5, 5.41) is 20.3. The number of aliphatic carboxylic acids is 1. The molecule has 7 heteroatoms. The molecule has 3 unspecified atom stereocenters. The first-order valence-electron chi connectivity index (χ1n) is 5.44. The van der Waals surface area contributed by atoms with Crippen LogP contribution in [0.25, 0.3) is 0 Å². The van der Waals surface area contributed by atoms with E-state index in [2.05, 4.69) is 0 Å². The molecule has 0 saturated heterocycles. The molecule has 1 aliphatic carbocycles. The lowest BCUT2D eigenvalue weighted by Crippen LogP contribution is -2.65. The number of alkyl halides is 3. The van der Waals surface area contributed by atoms with E-state index in [0.29, 0.717) is 26.2 Å². The Kier molecular flexibility index (Phi) is 4.03. The van der Waals surface area contributed by atoms with Gasteiger partial charge in [0.1, 0.15) is 0 Å². The Labute approximate surface area is 96.8 Å². The van der Waals surface area contributed by atoms with Crippen LogP contribution < -0.4 is 5.32 Å². The first-order valence-corrected chi connectivity index (χ1v) is 5.44. The smallest absolute Gasteiger partial charge is 0.417 e. The number of carboxylic acids is 1. The first-order chi connectivity index (χ1) is 7.68. The van der Waals surface area contributed by atoms with Crippen LogP contribution in [0.3, 0.4) is 0 Å². The van der Waals surface area contributed by atoms with Crippen molar-refractivity contribution >= 4 is 5.97 Å². The normalized spacial score (nSPS) is 29.7. The predicted molar refractivity (Wildman–Crippen MR) is 53.5 cm³/mol. The third-order valence-electron chi connectivity index (χ3n) is 3.20. The number of aliphatic hydroxyl groups excluding tert-OH is 1. The quantitative estimate of drug-likeness (QED) is 0.710. The van der Waals surface area contributed by atoms with Crippen LogP contribution in [-0.2, 0) is 4.79 Å². The fourth-order valence-corrected chi connectivity index (χ4v) is 1.92. The van der Waals surface area contributed by atoms with Crippen molar-refractivity contribution in [3.05, 3.63) is 0 Å². The Morgan fingerprint density at radius 2 is 1.82 bits per heavy atom. The van der Waals surface area contributed by atoms with Gasteiger partial charge in [0.05, 0.1) is 6.10 Å². The Morgan fingerprint density at radius 1 is 1.29 bits per heavy atom. The van der Waals surface area contributed by atoms with Crippen LogP contribution in [0.5, 0.6) is 0 Å². The maximum absolute atomic E-state index is 12.7. The van der Waals surface area contributed by atoms with Gasteiger partial charge in [-0.2, -0.15) is 13.2 Å². The summed E-state index contributed by atoms with van der Waals surface area (Å²) < 4.78 is 38.1. The molecular weight excluding hydrogens is 239 g/mol. The molecule has 0 amide bonds. The summed E-state index contributed by atoms with van der Waals surface area (Å²) in [6.45, 7) is 0.580. The van der Waals surface area contributed by atoms with Crippen molar-refractivity contribution < 1.29 is 28.2 Å². The highest BCUT2D eigenvalue weighted by atomic mass is 19.4. The molecule has 100 valence electrons. The number of rotatable bonds is 3. The van der Waals surface area contributed by atoms with Gasteiger partial charge in [-0.25, -0.2) is 4.79 Å². The van der Waals surface area contributed by atoms with Crippen molar-refractivity contribution in [3.63, 3.8) is 0 Å². The number of carboxylic acid groups (broad SMARTS) is 1. The molecule has 0 heterocycles. The third-order valence-corrected chi connectivity index (χ3v) is 3.20. The van der Waals surface area contributed by atoms with Gasteiger partial charge in [0, 0.05) is 6.04 Å². The summed E-state index contributed by atoms with van der Waals surface area (Å²) in [4.78, 5) is 10.8. The van der Waals surface area contributed by atoms with Crippen molar-refractivity contribution in [1.82, 2.24) is 5.32 Å². The minimum Gasteiger partial charge on any atom is -0.480 e. The van der Waals surface area contributed by atoms with Crippen molar-refractivity contribution in [1.29, 1.82) is 0 Å². The summed E-state index contributed by atoms with van der Waals surface area (Å²) in [6.07, 6.45) is -3.66. The summed E-state index contributed by atoms with van der Waals surface area (Å²) in [7, 11) is 0. The van der Waals surface area contributed by atoms with E-state index in [1.54, 1.807) is 0 Å². The predicted octanol–water partition coefficient (Wildman–Crippen LogP) is 1.29. The zero-order valence-corrected chi connectivity index (χ0v) is 9.42. The Balaban J connectivity index is 2.83. The average molecular weight is 255 g/mol. The van der Waals surface area contributed by atoms with Crippen LogP contribution >= 0.6 is 0 Å². The van der Waals surface area contributed by atoms with E-state index in [4.69, 9.17) is 5.11 Å². The van der Waals surface area contributed by atoms with E-state index in [1.165, 1.54) is 0 Å². The highest BCUT2D eigenvalue weighted by Crippen LogP contribution is 2.32. The standard InChI is InChI=1S/C10H16F3NO3/c1-9(8(16)17,10(11,12)13)14-6-4-2-3-5-7(6)15/h6-7,14-15H,2-5H2,1H3,(H,16,17). The number of aliphatic hydroxyl groups is 1. The molecule has 0 spiro atoms. The monoisotopic (exact) mass is 255 g/mol. The summed E-state index contributed by atoms with van der Waals surface area (Å²) in [6, 6.07) is -0.827. The molecule has 3 N–H and O–H groups in total. The lowest BCUT2D eigenvalue weighted by molar-refractivity contribution is -0.209. The third kappa shape index (κ3) is 2.90. The fourth-order valence-electron chi connectivity index (χ4n) is 1.92. The molecule has 0 aromatic heterocycles. The van der Waals surface area contributed by atoms with Crippen molar-refractivity contribution in [2.24, 2.45) is 0 Å². The van der Waals surface area contributed by atoms with Crippen molar-refractivity contribution in [2.75, 3.05) is 0 Å². The summed E-state index contributed by atoms with van der Waals surface area (Å²) >= 11 is 0. The van der Waals surface area contributed by atoms with Gasteiger partial charge in [-0.3, -0.25) is 5.32 Å². The molecule has 1 aliphatic rings. The molecule has 17 heavy (non-hydrogen) atoms. The lowest BCUT2D eigenvalue weighted by Gasteiger charge is -2.37. The van der Waals surface area contributed by atoms with Gasteiger partial charge in [0.15, 0.2) is 0 Å². The highest BCUT2D eigenvalue weighted by molar-refractivity contribution is 5.79. The van der Waals surface area contributed by atoms with Crippen LogP contribution in [0.15, 0.2) is 0 Å². The van der Waals surface area contributed by atoms with Gasteiger partial charge in [0.25, 0.3) is 0 Å². The molecule has 0 aliphatic heterocycles. The van der Waals surface area contributed by atoms with Crippen LogP contribution in [0.1, 0.15) is 32.6 Å². The number of carbonyl (C=O) groups is 1. The molecule has 0 aromatic rings. The number of hydrogen-bond acceptors (Lipinski definition) is 3. The maximum atomic E-state index is 12.7. The second-order valence-corrected chi connectivity index (χ2v) is 4.53. The molecular formula is C10H16F3NO3. The van der Waals surface area contributed by atoms with E-state index in [0.717, 1.165) is 6.42 Å². The Bertz CT molecular complexity index is 295. The van der Waals surface area contributed by atoms with E-state index in [1.807, 2.05) is 5.32 Å². The lowest BCUT2D eigenvalue weighted by atomic mass is 9.89. The van der Waals surface area contributed by atoms with Gasteiger partial charge in [-0.05, 0) is 19.8 Å². The summed E-state index contributed by atoms with van der Waals surface area (Å²) in [5.41, 5.74) is -3.02. The first kappa shape index (κ1) is 14.2. The molecule has 4 nitrogen and oxygen atoms in total. The molecule has 0 aromatic carbocycles. The molecule has 0 radical (unpaired) electrons. The molecule has 1 saturated carbocycles. The fraction of sp³-hybridized carbons (Fsp3) is 0.900. The van der Waals surface area contributed by atoms with Crippen LogP contribution in [0.2, 0.25) is 0 Å². The van der Waals surface area contributed by atoms with Crippen molar-refractivity contribution in [3.8, 4) is 0 Å². The van der Waals surface area contributed by atoms with E-state index >= 15 is 0 Å². The van der Waals surface area contributed by atoms with Crippen LogP contribution in [0, 0.1) is 0 Å². The minimum absolute atomic E-state index is 0.347. The average Bonchev–Trinajstić information content (AvgIpc) is 2.19. The number of hydrogen-bond donors (Lipinski definition) is 3. The Morgan fingerprint density at radius 3 is 2.24 bits per heavy atom. The SMILES string of the molecule is CC(NC1CCCCC1O)(C(=O)O)C(F)(F)F. The molecule has 1 rings (SSSR count). The second kappa shape index (κ2) is 4.81. The zero-order chi connectivity index (χ0) is 13.3. The topological polar surface area (TPSA) is 69.6 Å². The van der Waals surface area contributed by atoms with E-state index in [9.17, 15) is 23.1 Å². The Hall–Kier alpha value is -0.820. The molecule has 3 atom stereocenters. The molecule has 0 bridgehead atoms. The maximum Gasteiger partial charge on any atom is 0.417 e. The van der Waals surface area contributed by atoms with Gasteiger partial charge in [-0.1, -0.05) is 12.8 Å². The van der Waals surface area contributed by atoms with Gasteiger partial charge >= 0.3 is 12.1 Å². The largest absolute Gasteiger partial charge is 0.480 e.